The molecule has 1 aliphatic rings. The van der Waals surface area contributed by atoms with Gasteiger partial charge < -0.3 is 15.0 Å². The number of rotatable bonds is 4. The van der Waals surface area contributed by atoms with Crippen LogP contribution < -0.4 is 10.1 Å². The van der Waals surface area contributed by atoms with Gasteiger partial charge in [0, 0.05) is 19.4 Å². The molecule has 3 aromatic heterocycles. The summed E-state index contributed by atoms with van der Waals surface area (Å²) >= 11 is 0. The second-order valence-electron chi connectivity index (χ2n) is 7.63. The lowest BCUT2D eigenvalue weighted by atomic mass is 10.1. The highest BCUT2D eigenvalue weighted by Gasteiger charge is 2.29. The molecule has 0 fully saturated rings. The van der Waals surface area contributed by atoms with E-state index in [-0.39, 0.29) is 12.0 Å². The second kappa shape index (κ2) is 8.14. The lowest BCUT2D eigenvalue weighted by molar-refractivity contribution is 0.0760. The summed E-state index contributed by atoms with van der Waals surface area (Å²) in [5.41, 5.74) is 2.21. The largest absolute Gasteiger partial charge is 0.467 e. The van der Waals surface area contributed by atoms with E-state index in [1.165, 1.54) is 0 Å². The molecule has 5 rings (SSSR count). The van der Waals surface area contributed by atoms with Crippen molar-refractivity contribution in [2.75, 3.05) is 18.9 Å². The number of imidazole rings is 1. The minimum Gasteiger partial charge on any atom is -0.467 e. The molecule has 0 saturated heterocycles. The molecule has 4 aromatic rings. The third-order valence-electron chi connectivity index (χ3n) is 5.40. The molecule has 0 bridgehead atoms. The topological polar surface area (TPSA) is 85.2 Å². The van der Waals surface area contributed by atoms with Crippen molar-refractivity contribution in [2.24, 2.45) is 0 Å². The number of fused-ring (bicyclic) bond motifs is 1. The molecular formula is C24H22N6O2. The van der Waals surface area contributed by atoms with Gasteiger partial charge in [-0.15, -0.1) is 0 Å². The van der Waals surface area contributed by atoms with Gasteiger partial charge in [0.05, 0.1) is 18.4 Å². The average Bonchev–Trinajstić information content (AvgIpc) is 3.20. The molecule has 0 radical (unpaired) electrons. The van der Waals surface area contributed by atoms with Gasteiger partial charge in [0.1, 0.15) is 29.1 Å². The fourth-order valence-corrected chi connectivity index (χ4v) is 3.68. The summed E-state index contributed by atoms with van der Waals surface area (Å²) in [5, 5.41) is 3.24. The number of hydrogen-bond acceptors (Lipinski definition) is 6. The highest BCUT2D eigenvalue weighted by molar-refractivity contribution is 5.97. The van der Waals surface area contributed by atoms with Gasteiger partial charge in [0.15, 0.2) is 0 Å². The number of ether oxygens (including phenoxy) is 1. The van der Waals surface area contributed by atoms with Crippen molar-refractivity contribution in [1.82, 2.24) is 24.4 Å². The molecule has 1 atom stereocenters. The van der Waals surface area contributed by atoms with E-state index in [4.69, 9.17) is 4.74 Å². The Morgan fingerprint density at radius 1 is 1.06 bits per heavy atom. The Morgan fingerprint density at radius 3 is 2.62 bits per heavy atom. The van der Waals surface area contributed by atoms with Gasteiger partial charge in [-0.05, 0) is 36.8 Å². The molecule has 1 unspecified atom stereocenters. The number of aromatic nitrogens is 4. The van der Waals surface area contributed by atoms with E-state index in [1.54, 1.807) is 36.5 Å². The van der Waals surface area contributed by atoms with Crippen LogP contribution in [0.1, 0.15) is 27.8 Å². The number of carbonyl (C=O) groups excluding carboxylic acids is 1. The Bertz CT molecular complexity index is 1250. The molecule has 1 amide bonds. The first-order valence-corrected chi connectivity index (χ1v) is 10.3. The van der Waals surface area contributed by atoms with Crippen LogP contribution >= 0.6 is 0 Å². The van der Waals surface area contributed by atoms with Crippen molar-refractivity contribution in [2.45, 2.75) is 13.0 Å². The minimum atomic E-state index is -0.298. The minimum absolute atomic E-state index is 0.112. The van der Waals surface area contributed by atoms with Crippen LogP contribution in [0.15, 0.2) is 73.2 Å². The molecule has 4 heterocycles. The van der Waals surface area contributed by atoms with Crippen molar-refractivity contribution in [3.63, 3.8) is 0 Å². The molecule has 160 valence electrons. The van der Waals surface area contributed by atoms with Gasteiger partial charge in [-0.2, -0.15) is 4.98 Å². The van der Waals surface area contributed by atoms with Gasteiger partial charge >= 0.3 is 0 Å². The number of nitrogens with zero attached hydrogens (tertiary/aromatic N) is 5. The quantitative estimate of drug-likeness (QED) is 0.532. The van der Waals surface area contributed by atoms with Gasteiger partial charge in [-0.1, -0.05) is 30.3 Å². The Labute approximate surface area is 185 Å². The van der Waals surface area contributed by atoms with E-state index in [0.29, 0.717) is 23.8 Å². The third-order valence-corrected chi connectivity index (χ3v) is 5.40. The van der Waals surface area contributed by atoms with E-state index in [9.17, 15) is 4.79 Å². The summed E-state index contributed by atoms with van der Waals surface area (Å²) in [6, 6.07) is 17.2. The van der Waals surface area contributed by atoms with Crippen LogP contribution in [0.2, 0.25) is 0 Å². The van der Waals surface area contributed by atoms with Crippen LogP contribution in [0.25, 0.3) is 5.82 Å². The molecule has 0 aliphatic carbocycles. The predicted octanol–water partition coefficient (Wildman–Crippen LogP) is 3.92. The Kier molecular flexibility index (Phi) is 5.03. The van der Waals surface area contributed by atoms with Crippen LogP contribution in [0.3, 0.4) is 0 Å². The van der Waals surface area contributed by atoms with Crippen molar-refractivity contribution in [1.29, 1.82) is 0 Å². The number of amides is 1. The Balaban J connectivity index is 1.41. The smallest absolute Gasteiger partial charge is 0.259 e. The lowest BCUT2D eigenvalue weighted by Gasteiger charge is -2.20. The van der Waals surface area contributed by atoms with Crippen molar-refractivity contribution < 1.29 is 9.53 Å². The highest BCUT2D eigenvalue weighted by Crippen LogP contribution is 2.31. The Hall–Kier alpha value is -4.20. The molecule has 1 aromatic carbocycles. The lowest BCUT2D eigenvalue weighted by Crippen LogP contribution is -2.29. The summed E-state index contributed by atoms with van der Waals surface area (Å²) < 4.78 is 8.11. The third kappa shape index (κ3) is 3.78. The first-order valence-electron chi connectivity index (χ1n) is 10.3. The highest BCUT2D eigenvalue weighted by atomic mass is 16.5. The first kappa shape index (κ1) is 19.7. The van der Waals surface area contributed by atoms with Gasteiger partial charge in [-0.3, -0.25) is 9.36 Å². The zero-order valence-electron chi connectivity index (χ0n) is 17.8. The monoisotopic (exact) mass is 426 g/mol. The molecule has 1 aliphatic heterocycles. The maximum absolute atomic E-state index is 12.8. The molecule has 0 saturated carbocycles. The van der Waals surface area contributed by atoms with Crippen molar-refractivity contribution >= 4 is 17.4 Å². The fourth-order valence-electron chi connectivity index (χ4n) is 3.68. The van der Waals surface area contributed by atoms with Crippen LogP contribution in [0, 0.1) is 6.92 Å². The number of benzene rings is 1. The van der Waals surface area contributed by atoms with Crippen LogP contribution in [-0.2, 0) is 0 Å². The number of carbonyl (C=O) groups is 1. The number of likely N-dealkylation sites (N-methyl/N-ethyl adjacent to an activating group) is 1. The van der Waals surface area contributed by atoms with Crippen LogP contribution in [-0.4, -0.2) is 43.9 Å². The van der Waals surface area contributed by atoms with Crippen molar-refractivity contribution in [3.8, 4) is 11.7 Å². The molecular weight excluding hydrogens is 404 g/mol. The maximum Gasteiger partial charge on any atom is 0.259 e. The van der Waals surface area contributed by atoms with E-state index >= 15 is 0 Å². The van der Waals surface area contributed by atoms with Gasteiger partial charge in [0.2, 0.25) is 5.88 Å². The molecule has 32 heavy (non-hydrogen) atoms. The maximum atomic E-state index is 12.8. The summed E-state index contributed by atoms with van der Waals surface area (Å²) in [6.45, 7) is 2.37. The zero-order valence-corrected chi connectivity index (χ0v) is 17.8. The number of hydrogen-bond donors (Lipinski definition) is 1. The van der Waals surface area contributed by atoms with Crippen molar-refractivity contribution in [3.05, 3.63) is 90.1 Å². The SMILES string of the molecule is Cc1nccn1-c1ccc(Nc2ccc3c(n2)OC(c2ccccc2)CN(C)C3=O)cn1. The molecule has 8 heteroatoms. The van der Waals surface area contributed by atoms with E-state index in [1.807, 2.05) is 60.2 Å². The zero-order chi connectivity index (χ0) is 22.1. The number of anilines is 2. The van der Waals surface area contributed by atoms with E-state index in [0.717, 1.165) is 22.9 Å². The van der Waals surface area contributed by atoms with Gasteiger partial charge in [-0.25, -0.2) is 9.97 Å². The summed E-state index contributed by atoms with van der Waals surface area (Å²) in [4.78, 5) is 27.8. The summed E-state index contributed by atoms with van der Waals surface area (Å²) in [7, 11) is 1.78. The van der Waals surface area contributed by atoms with Crippen LogP contribution in [0.5, 0.6) is 5.88 Å². The standard InChI is InChI=1S/C24H22N6O2/c1-16-25-12-13-30(16)22-11-8-18(14-26-22)27-21-10-9-19-23(28-21)32-20(15-29(2)24(19)31)17-6-4-3-5-7-17/h3-14,20H,15H2,1-2H3,(H,27,28). The second-order valence-corrected chi connectivity index (χ2v) is 7.63. The predicted molar refractivity (Wildman–Crippen MR) is 120 cm³/mol. The number of pyridine rings is 2. The number of aryl methyl sites for hydroxylation is 1. The van der Waals surface area contributed by atoms with Gasteiger partial charge in [0.25, 0.3) is 5.91 Å². The summed E-state index contributed by atoms with van der Waals surface area (Å²) in [6.07, 6.45) is 5.04. The van der Waals surface area contributed by atoms with E-state index < -0.39 is 0 Å². The molecule has 1 N–H and O–H groups in total. The normalized spacial score (nSPS) is 15.6. The summed E-state index contributed by atoms with van der Waals surface area (Å²) in [5.74, 6) is 2.42. The molecule has 0 spiro atoms. The van der Waals surface area contributed by atoms with Crippen LogP contribution in [0.4, 0.5) is 11.5 Å². The van der Waals surface area contributed by atoms with E-state index in [2.05, 4.69) is 20.3 Å². The number of nitrogens with one attached hydrogen (secondary N) is 1. The average molecular weight is 426 g/mol. The first-order chi connectivity index (χ1) is 15.6. The Morgan fingerprint density at radius 2 is 1.91 bits per heavy atom. The molecule has 8 nitrogen and oxygen atoms in total. The fraction of sp³-hybridized carbons (Fsp3) is 0.167.